The second-order valence-electron chi connectivity index (χ2n) is 3.92. The molecule has 1 fully saturated rings. The third-order valence-electron chi connectivity index (χ3n) is 2.69. The third-order valence-corrected chi connectivity index (χ3v) is 2.69. The molecule has 78 valence electrons. The maximum absolute atomic E-state index is 9.56. The molecule has 1 saturated carbocycles. The summed E-state index contributed by atoms with van der Waals surface area (Å²) in [6, 6.07) is 2.13. The first-order valence-electron chi connectivity index (χ1n) is 5.09. The van der Waals surface area contributed by atoms with Crippen LogP contribution in [0.15, 0.2) is 10.6 Å². The van der Waals surface area contributed by atoms with Gasteiger partial charge in [0.25, 0.3) is 0 Å². The number of aromatic nitrogens is 1. The molecule has 1 aliphatic carbocycles. The molecule has 4 heteroatoms. The van der Waals surface area contributed by atoms with E-state index in [1.807, 2.05) is 13.0 Å². The van der Waals surface area contributed by atoms with Crippen molar-refractivity contribution in [2.24, 2.45) is 0 Å². The fourth-order valence-electron chi connectivity index (χ4n) is 1.91. The Kier molecular flexibility index (Phi) is 2.84. The van der Waals surface area contributed by atoms with Crippen molar-refractivity contribution in [1.82, 2.24) is 10.5 Å². The normalized spacial score (nSPS) is 27.0. The maximum Gasteiger partial charge on any atom is 0.150 e. The molecule has 0 aliphatic heterocycles. The van der Waals surface area contributed by atoms with E-state index in [0.717, 1.165) is 30.7 Å². The smallest absolute Gasteiger partial charge is 0.150 e. The molecule has 1 aliphatic rings. The Bertz CT molecular complexity index is 298. The van der Waals surface area contributed by atoms with E-state index in [9.17, 15) is 5.11 Å². The molecule has 0 amide bonds. The Morgan fingerprint density at radius 1 is 1.64 bits per heavy atom. The largest absolute Gasteiger partial charge is 0.392 e. The van der Waals surface area contributed by atoms with Crippen molar-refractivity contribution < 1.29 is 9.63 Å². The van der Waals surface area contributed by atoms with E-state index in [0.29, 0.717) is 6.54 Å². The Hall–Kier alpha value is -0.870. The van der Waals surface area contributed by atoms with Gasteiger partial charge in [-0.1, -0.05) is 5.16 Å². The summed E-state index contributed by atoms with van der Waals surface area (Å²) in [6.07, 6.45) is 2.87. The lowest BCUT2D eigenvalue weighted by atomic mass is 10.2. The predicted molar refractivity (Wildman–Crippen MR) is 51.7 cm³/mol. The topological polar surface area (TPSA) is 58.3 Å². The first-order valence-corrected chi connectivity index (χ1v) is 5.09. The molecule has 2 atom stereocenters. The number of aliphatic hydroxyl groups is 1. The summed E-state index contributed by atoms with van der Waals surface area (Å²) < 4.78 is 5.07. The van der Waals surface area contributed by atoms with Gasteiger partial charge in [-0.2, -0.15) is 0 Å². The minimum atomic E-state index is -0.195. The van der Waals surface area contributed by atoms with E-state index in [2.05, 4.69) is 10.5 Å². The molecular weight excluding hydrogens is 180 g/mol. The van der Waals surface area contributed by atoms with Crippen LogP contribution < -0.4 is 5.32 Å². The van der Waals surface area contributed by atoms with Crippen molar-refractivity contribution in [3.63, 3.8) is 0 Å². The summed E-state index contributed by atoms with van der Waals surface area (Å²) in [7, 11) is 0. The molecule has 2 rings (SSSR count). The summed E-state index contributed by atoms with van der Waals surface area (Å²) in [6.45, 7) is 2.56. The van der Waals surface area contributed by atoms with Crippen molar-refractivity contribution in [3.05, 3.63) is 17.5 Å². The van der Waals surface area contributed by atoms with Crippen LogP contribution in [0.5, 0.6) is 0 Å². The standard InChI is InChI=1S/C10H16N2O2/c1-7-5-8(14-12-7)6-11-9-3-2-4-10(9)13/h5,9-11,13H,2-4,6H2,1H3/t9-,10-/m0/s1. The average molecular weight is 196 g/mol. The van der Waals surface area contributed by atoms with E-state index in [1.54, 1.807) is 0 Å². The van der Waals surface area contributed by atoms with Gasteiger partial charge in [0.2, 0.25) is 0 Å². The lowest BCUT2D eigenvalue weighted by Gasteiger charge is -2.14. The number of nitrogens with one attached hydrogen (secondary N) is 1. The Morgan fingerprint density at radius 3 is 3.07 bits per heavy atom. The predicted octanol–water partition coefficient (Wildman–Crippen LogP) is 0.986. The number of hydrogen-bond acceptors (Lipinski definition) is 4. The van der Waals surface area contributed by atoms with Gasteiger partial charge in [-0.3, -0.25) is 0 Å². The Labute approximate surface area is 83.3 Å². The fourth-order valence-corrected chi connectivity index (χ4v) is 1.91. The number of aliphatic hydroxyl groups excluding tert-OH is 1. The van der Waals surface area contributed by atoms with Gasteiger partial charge >= 0.3 is 0 Å². The van der Waals surface area contributed by atoms with Crippen molar-refractivity contribution in [1.29, 1.82) is 0 Å². The molecule has 1 aromatic rings. The zero-order valence-electron chi connectivity index (χ0n) is 8.36. The summed E-state index contributed by atoms with van der Waals surface area (Å²) in [5, 5.41) is 16.6. The molecule has 0 unspecified atom stereocenters. The molecule has 0 radical (unpaired) electrons. The highest BCUT2D eigenvalue weighted by Crippen LogP contribution is 2.19. The first-order chi connectivity index (χ1) is 6.75. The third kappa shape index (κ3) is 2.13. The zero-order valence-corrected chi connectivity index (χ0v) is 8.36. The number of aryl methyl sites for hydroxylation is 1. The minimum absolute atomic E-state index is 0.195. The lowest BCUT2D eigenvalue weighted by molar-refractivity contribution is 0.147. The van der Waals surface area contributed by atoms with Crippen LogP contribution in [-0.2, 0) is 6.54 Å². The van der Waals surface area contributed by atoms with E-state index in [4.69, 9.17) is 4.52 Å². The highest BCUT2D eigenvalue weighted by Gasteiger charge is 2.24. The van der Waals surface area contributed by atoms with Gasteiger partial charge in [0.05, 0.1) is 18.3 Å². The highest BCUT2D eigenvalue weighted by atomic mass is 16.5. The van der Waals surface area contributed by atoms with Gasteiger partial charge in [0, 0.05) is 12.1 Å². The van der Waals surface area contributed by atoms with E-state index in [-0.39, 0.29) is 12.1 Å². The summed E-state index contributed by atoms with van der Waals surface area (Å²) in [4.78, 5) is 0. The van der Waals surface area contributed by atoms with Crippen molar-refractivity contribution in [2.45, 2.75) is 44.9 Å². The molecule has 14 heavy (non-hydrogen) atoms. The highest BCUT2D eigenvalue weighted by molar-refractivity contribution is 5.03. The summed E-state index contributed by atoms with van der Waals surface area (Å²) in [5.41, 5.74) is 0.897. The van der Waals surface area contributed by atoms with Gasteiger partial charge < -0.3 is 14.9 Å². The van der Waals surface area contributed by atoms with E-state index in [1.165, 1.54) is 0 Å². The summed E-state index contributed by atoms with van der Waals surface area (Å²) in [5.74, 6) is 0.835. The van der Waals surface area contributed by atoms with Gasteiger partial charge in [-0.05, 0) is 26.2 Å². The number of nitrogens with zero attached hydrogens (tertiary/aromatic N) is 1. The Morgan fingerprint density at radius 2 is 2.50 bits per heavy atom. The van der Waals surface area contributed by atoms with Crippen LogP contribution >= 0.6 is 0 Å². The van der Waals surface area contributed by atoms with Crippen molar-refractivity contribution >= 4 is 0 Å². The van der Waals surface area contributed by atoms with Gasteiger partial charge in [-0.25, -0.2) is 0 Å². The van der Waals surface area contributed by atoms with Crippen LogP contribution in [0.4, 0.5) is 0 Å². The second-order valence-corrected chi connectivity index (χ2v) is 3.92. The van der Waals surface area contributed by atoms with Crippen LogP contribution in [0.2, 0.25) is 0 Å². The van der Waals surface area contributed by atoms with Gasteiger partial charge in [0.15, 0.2) is 5.76 Å². The molecule has 0 aromatic carbocycles. The maximum atomic E-state index is 9.56. The van der Waals surface area contributed by atoms with Crippen LogP contribution in [0.25, 0.3) is 0 Å². The van der Waals surface area contributed by atoms with Gasteiger partial charge in [-0.15, -0.1) is 0 Å². The van der Waals surface area contributed by atoms with Crippen molar-refractivity contribution in [3.8, 4) is 0 Å². The van der Waals surface area contributed by atoms with Crippen LogP contribution in [0.3, 0.4) is 0 Å². The molecule has 4 nitrogen and oxygen atoms in total. The molecule has 1 aromatic heterocycles. The van der Waals surface area contributed by atoms with Crippen LogP contribution in [-0.4, -0.2) is 22.4 Å². The second kappa shape index (κ2) is 4.11. The molecule has 2 N–H and O–H groups in total. The average Bonchev–Trinajstić information content (AvgIpc) is 2.72. The quantitative estimate of drug-likeness (QED) is 0.756. The number of hydrogen-bond donors (Lipinski definition) is 2. The molecule has 0 bridgehead atoms. The molecule has 0 spiro atoms. The van der Waals surface area contributed by atoms with Gasteiger partial charge in [0.1, 0.15) is 0 Å². The van der Waals surface area contributed by atoms with E-state index < -0.39 is 0 Å². The minimum Gasteiger partial charge on any atom is -0.392 e. The van der Waals surface area contributed by atoms with E-state index >= 15 is 0 Å². The van der Waals surface area contributed by atoms with Crippen molar-refractivity contribution in [2.75, 3.05) is 0 Å². The zero-order chi connectivity index (χ0) is 9.97. The molecular formula is C10H16N2O2. The first kappa shape index (κ1) is 9.68. The fraction of sp³-hybridized carbons (Fsp3) is 0.700. The molecule has 1 heterocycles. The molecule has 0 saturated heterocycles. The monoisotopic (exact) mass is 196 g/mol. The van der Waals surface area contributed by atoms with Crippen LogP contribution in [0, 0.1) is 6.92 Å². The number of rotatable bonds is 3. The Balaban J connectivity index is 1.82. The SMILES string of the molecule is Cc1cc(CN[C@H]2CCC[C@@H]2O)on1. The summed E-state index contributed by atoms with van der Waals surface area (Å²) >= 11 is 0. The van der Waals surface area contributed by atoms with Crippen LogP contribution in [0.1, 0.15) is 30.7 Å². The lowest BCUT2D eigenvalue weighted by Crippen LogP contribution is -2.34.